The minimum atomic E-state index is 0.213. The highest BCUT2D eigenvalue weighted by Crippen LogP contribution is 2.69. The van der Waals surface area contributed by atoms with Gasteiger partial charge < -0.3 is 0 Å². The van der Waals surface area contributed by atoms with Gasteiger partial charge in [0.2, 0.25) is 0 Å². The molecule has 5 aromatic rings. The molecule has 10 rings (SSSR count). The van der Waals surface area contributed by atoms with Crippen LogP contribution < -0.4 is 0 Å². The number of rotatable bonds is 1. The van der Waals surface area contributed by atoms with Crippen LogP contribution >= 0.6 is 15.9 Å². The molecular formula is C36H29Br. The van der Waals surface area contributed by atoms with Crippen LogP contribution in [0.1, 0.15) is 43.2 Å². The summed E-state index contributed by atoms with van der Waals surface area (Å²) in [5.41, 5.74) is 9.18. The highest BCUT2D eigenvalue weighted by molar-refractivity contribution is 9.10. The second-order valence-electron chi connectivity index (χ2n) is 12.3. The summed E-state index contributed by atoms with van der Waals surface area (Å²) in [6.07, 6.45) is 7.21. The van der Waals surface area contributed by atoms with Gasteiger partial charge in [0.25, 0.3) is 0 Å². The predicted octanol–water partition coefficient (Wildman–Crippen LogP) is 10.1. The van der Waals surface area contributed by atoms with Crippen molar-refractivity contribution in [1.29, 1.82) is 0 Å². The van der Waals surface area contributed by atoms with Crippen molar-refractivity contribution in [3.63, 3.8) is 0 Å². The van der Waals surface area contributed by atoms with Gasteiger partial charge in [-0.25, -0.2) is 0 Å². The average molecular weight is 542 g/mol. The molecule has 0 radical (unpaired) electrons. The third-order valence-corrected chi connectivity index (χ3v) is 11.2. The van der Waals surface area contributed by atoms with Gasteiger partial charge in [-0.05, 0) is 141 Å². The fourth-order valence-electron chi connectivity index (χ4n) is 9.56. The predicted molar refractivity (Wildman–Crippen MR) is 158 cm³/mol. The van der Waals surface area contributed by atoms with Gasteiger partial charge >= 0.3 is 0 Å². The first-order valence-electron chi connectivity index (χ1n) is 14.1. The lowest BCUT2D eigenvalue weighted by Gasteiger charge is -2.61. The molecule has 180 valence electrons. The molecule has 4 saturated carbocycles. The summed E-state index contributed by atoms with van der Waals surface area (Å²) in [5, 5.41) is 5.39. The molecule has 0 heterocycles. The van der Waals surface area contributed by atoms with E-state index < -0.39 is 0 Å². The van der Waals surface area contributed by atoms with Crippen molar-refractivity contribution >= 4 is 37.5 Å². The van der Waals surface area contributed by atoms with Crippen LogP contribution in [-0.4, -0.2) is 0 Å². The standard InChI is InChI=1S/C36H29Br/c37-29-9-10-31-25(17-29)6-3-7-30(31)26-8-11-34-32(19-26)33-18-23-4-1-2-5-24(23)20-35(33)36(34)27-13-21-12-22(15-27)16-28(36)14-21/h1-11,17-22,27-28H,12-16H2. The molecule has 0 N–H and O–H groups in total. The highest BCUT2D eigenvalue weighted by Gasteiger charge is 2.61. The molecule has 1 spiro atoms. The summed E-state index contributed by atoms with van der Waals surface area (Å²) in [4.78, 5) is 0. The fourth-order valence-corrected chi connectivity index (χ4v) is 9.94. The zero-order chi connectivity index (χ0) is 24.3. The molecule has 0 unspecified atom stereocenters. The van der Waals surface area contributed by atoms with E-state index in [0.717, 1.165) is 28.1 Å². The van der Waals surface area contributed by atoms with Crippen LogP contribution in [0.5, 0.6) is 0 Å². The lowest BCUT2D eigenvalue weighted by atomic mass is 9.43. The first kappa shape index (κ1) is 21.1. The molecule has 1 heteroatoms. The van der Waals surface area contributed by atoms with Gasteiger partial charge in [0.15, 0.2) is 0 Å². The van der Waals surface area contributed by atoms with Crippen molar-refractivity contribution < 1.29 is 0 Å². The van der Waals surface area contributed by atoms with Crippen molar-refractivity contribution in [2.45, 2.75) is 37.5 Å². The Morgan fingerprint density at radius 3 is 2.03 bits per heavy atom. The fraction of sp³-hybridized carbons (Fsp3) is 0.278. The first-order valence-corrected chi connectivity index (χ1v) is 14.8. The van der Waals surface area contributed by atoms with Crippen LogP contribution in [0.3, 0.4) is 0 Å². The molecule has 4 bridgehead atoms. The molecule has 0 atom stereocenters. The summed E-state index contributed by atoms with van der Waals surface area (Å²) in [7, 11) is 0. The summed E-state index contributed by atoms with van der Waals surface area (Å²) in [5.74, 6) is 3.53. The quantitative estimate of drug-likeness (QED) is 0.198. The van der Waals surface area contributed by atoms with Gasteiger partial charge in [-0.15, -0.1) is 0 Å². The molecule has 0 nitrogen and oxygen atoms in total. The van der Waals surface area contributed by atoms with Crippen LogP contribution in [0.25, 0.3) is 43.8 Å². The Kier molecular flexibility index (Phi) is 4.19. The second-order valence-corrected chi connectivity index (χ2v) is 13.3. The minimum Gasteiger partial charge on any atom is -0.0616 e. The number of fused-ring (bicyclic) bond motifs is 5. The lowest BCUT2D eigenvalue weighted by Crippen LogP contribution is -2.55. The highest BCUT2D eigenvalue weighted by atomic mass is 79.9. The van der Waals surface area contributed by atoms with Gasteiger partial charge in [-0.2, -0.15) is 0 Å². The zero-order valence-corrected chi connectivity index (χ0v) is 22.5. The van der Waals surface area contributed by atoms with Gasteiger partial charge in [-0.3, -0.25) is 0 Å². The Hall–Kier alpha value is -2.90. The van der Waals surface area contributed by atoms with Gasteiger partial charge in [-0.1, -0.05) is 76.6 Å². The van der Waals surface area contributed by atoms with Crippen molar-refractivity contribution in [2.75, 3.05) is 0 Å². The van der Waals surface area contributed by atoms with Crippen LogP contribution in [0.2, 0.25) is 0 Å². The van der Waals surface area contributed by atoms with Crippen molar-refractivity contribution in [2.24, 2.45) is 23.7 Å². The summed E-state index contributed by atoms with van der Waals surface area (Å²) in [6, 6.07) is 35.1. The molecule has 5 aliphatic rings. The van der Waals surface area contributed by atoms with E-state index in [0.29, 0.717) is 0 Å². The van der Waals surface area contributed by atoms with E-state index >= 15 is 0 Å². The molecule has 0 saturated heterocycles. The van der Waals surface area contributed by atoms with Crippen molar-refractivity contribution in [1.82, 2.24) is 0 Å². The van der Waals surface area contributed by atoms with Gasteiger partial charge in [0, 0.05) is 9.89 Å². The maximum absolute atomic E-state index is 3.66. The summed E-state index contributed by atoms with van der Waals surface area (Å²) in [6.45, 7) is 0. The summed E-state index contributed by atoms with van der Waals surface area (Å²) >= 11 is 3.66. The Morgan fingerprint density at radius 1 is 0.541 bits per heavy atom. The molecule has 37 heavy (non-hydrogen) atoms. The number of hydrogen-bond donors (Lipinski definition) is 0. The second kappa shape index (κ2) is 7.35. The number of hydrogen-bond acceptors (Lipinski definition) is 0. The average Bonchev–Trinajstić information content (AvgIpc) is 3.19. The largest absolute Gasteiger partial charge is 0.0616 e. The van der Waals surface area contributed by atoms with Crippen LogP contribution in [-0.2, 0) is 5.41 Å². The van der Waals surface area contributed by atoms with Crippen molar-refractivity contribution in [3.8, 4) is 22.3 Å². The van der Waals surface area contributed by atoms with E-state index in [-0.39, 0.29) is 5.41 Å². The summed E-state index contributed by atoms with van der Waals surface area (Å²) < 4.78 is 1.13. The van der Waals surface area contributed by atoms with E-state index in [9.17, 15) is 0 Å². The van der Waals surface area contributed by atoms with E-state index in [2.05, 4.69) is 107 Å². The molecule has 0 aliphatic heterocycles. The van der Waals surface area contributed by atoms with Crippen molar-refractivity contribution in [3.05, 3.63) is 107 Å². The van der Waals surface area contributed by atoms with Crippen LogP contribution in [0, 0.1) is 23.7 Å². The SMILES string of the molecule is Brc1ccc2c(-c3ccc4c(c3)-c3cc5ccccc5cc3C43C4CC5CC(C4)CC3C5)cccc2c1. The van der Waals surface area contributed by atoms with Gasteiger partial charge in [0.05, 0.1) is 0 Å². The van der Waals surface area contributed by atoms with E-state index in [1.54, 1.807) is 11.1 Å². The molecule has 0 amide bonds. The van der Waals surface area contributed by atoms with Crippen LogP contribution in [0.15, 0.2) is 95.5 Å². The maximum atomic E-state index is 3.66. The smallest absolute Gasteiger partial charge is 0.0272 e. The van der Waals surface area contributed by atoms with E-state index in [1.165, 1.54) is 75.9 Å². The maximum Gasteiger partial charge on any atom is 0.0272 e. The third kappa shape index (κ3) is 2.74. The monoisotopic (exact) mass is 540 g/mol. The lowest BCUT2D eigenvalue weighted by molar-refractivity contribution is -0.0398. The number of benzene rings is 5. The molecular weight excluding hydrogens is 512 g/mol. The Bertz CT molecular complexity index is 1730. The van der Waals surface area contributed by atoms with E-state index in [4.69, 9.17) is 0 Å². The first-order chi connectivity index (χ1) is 18.2. The third-order valence-electron chi connectivity index (χ3n) is 10.7. The van der Waals surface area contributed by atoms with Gasteiger partial charge in [0.1, 0.15) is 0 Å². The van der Waals surface area contributed by atoms with Crippen LogP contribution in [0.4, 0.5) is 0 Å². The molecule has 0 aromatic heterocycles. The zero-order valence-electron chi connectivity index (χ0n) is 20.9. The Balaban J connectivity index is 1.32. The molecule has 5 aliphatic carbocycles. The Labute approximate surface area is 226 Å². The minimum absolute atomic E-state index is 0.213. The number of halogens is 1. The molecule has 5 aromatic carbocycles. The Morgan fingerprint density at radius 2 is 1.24 bits per heavy atom. The normalized spacial score (nSPS) is 28.8. The topological polar surface area (TPSA) is 0 Å². The molecule has 4 fully saturated rings. The van der Waals surface area contributed by atoms with E-state index in [1.807, 2.05) is 0 Å².